The summed E-state index contributed by atoms with van der Waals surface area (Å²) in [6, 6.07) is 4.98. The third-order valence-electron chi connectivity index (χ3n) is 3.09. The van der Waals surface area contributed by atoms with E-state index in [2.05, 4.69) is 21.2 Å². The number of benzene rings is 1. The average Bonchev–Trinajstić information content (AvgIpc) is 2.22. The van der Waals surface area contributed by atoms with Gasteiger partial charge in [-0.25, -0.2) is 4.39 Å². The fraction of sp³-hybridized carbons (Fsp3) is 0.500. The minimum atomic E-state index is -0.528. The number of hydrogen-bond acceptors (Lipinski definition) is 2. The van der Waals surface area contributed by atoms with Gasteiger partial charge in [-0.05, 0) is 46.8 Å². The highest BCUT2D eigenvalue weighted by Crippen LogP contribution is 2.30. The summed E-state index contributed by atoms with van der Waals surface area (Å²) in [4.78, 5) is 0. The average molecular weight is 288 g/mol. The molecule has 2 nitrogen and oxygen atoms in total. The third kappa shape index (κ3) is 2.62. The highest BCUT2D eigenvalue weighted by molar-refractivity contribution is 9.10. The van der Waals surface area contributed by atoms with Crippen LogP contribution < -0.4 is 5.32 Å². The van der Waals surface area contributed by atoms with E-state index in [1.165, 1.54) is 6.07 Å². The Labute approximate surface area is 103 Å². The second-order valence-corrected chi connectivity index (χ2v) is 5.19. The van der Waals surface area contributed by atoms with Gasteiger partial charge in [0, 0.05) is 13.1 Å². The van der Waals surface area contributed by atoms with E-state index in [-0.39, 0.29) is 5.82 Å². The van der Waals surface area contributed by atoms with Gasteiger partial charge in [0.05, 0.1) is 10.1 Å². The van der Waals surface area contributed by atoms with Crippen LogP contribution >= 0.6 is 15.9 Å². The minimum absolute atomic E-state index is 0.248. The van der Waals surface area contributed by atoms with Gasteiger partial charge < -0.3 is 10.4 Å². The van der Waals surface area contributed by atoms with Gasteiger partial charge in [-0.3, -0.25) is 0 Å². The molecule has 16 heavy (non-hydrogen) atoms. The van der Waals surface area contributed by atoms with E-state index < -0.39 is 5.60 Å². The van der Waals surface area contributed by atoms with E-state index in [4.69, 9.17) is 0 Å². The summed E-state index contributed by atoms with van der Waals surface area (Å²) in [7, 11) is 0. The topological polar surface area (TPSA) is 32.3 Å². The van der Waals surface area contributed by atoms with Gasteiger partial charge in [0.2, 0.25) is 0 Å². The maximum absolute atomic E-state index is 13.2. The number of halogens is 2. The molecule has 0 saturated heterocycles. The van der Waals surface area contributed by atoms with Crippen LogP contribution in [0.25, 0.3) is 0 Å². The molecule has 88 valence electrons. The van der Waals surface area contributed by atoms with Crippen molar-refractivity contribution in [1.82, 2.24) is 5.32 Å². The van der Waals surface area contributed by atoms with Gasteiger partial charge in [0.1, 0.15) is 5.82 Å². The molecule has 0 heterocycles. The van der Waals surface area contributed by atoms with Gasteiger partial charge in [0.25, 0.3) is 0 Å². The summed E-state index contributed by atoms with van der Waals surface area (Å²) < 4.78 is 13.7. The largest absolute Gasteiger partial charge is 0.389 e. The number of aliphatic hydroxyl groups is 1. The van der Waals surface area contributed by atoms with Crippen LogP contribution in [0.1, 0.15) is 24.8 Å². The normalized spacial score (nSPS) is 18.2. The molecule has 1 saturated carbocycles. The van der Waals surface area contributed by atoms with E-state index >= 15 is 0 Å². The zero-order valence-corrected chi connectivity index (χ0v) is 10.6. The Morgan fingerprint density at radius 3 is 2.81 bits per heavy atom. The number of hydrogen-bond donors (Lipinski definition) is 2. The smallest absolute Gasteiger partial charge is 0.137 e. The lowest BCUT2D eigenvalue weighted by Crippen LogP contribution is -2.46. The summed E-state index contributed by atoms with van der Waals surface area (Å²) in [6.07, 6.45) is 2.83. The van der Waals surface area contributed by atoms with Crippen molar-refractivity contribution in [2.45, 2.75) is 31.4 Å². The highest BCUT2D eigenvalue weighted by Gasteiger charge is 2.33. The minimum Gasteiger partial charge on any atom is -0.389 e. The molecule has 1 fully saturated rings. The molecule has 4 heteroatoms. The molecule has 0 spiro atoms. The van der Waals surface area contributed by atoms with Crippen LogP contribution in [0.5, 0.6) is 0 Å². The van der Waals surface area contributed by atoms with E-state index in [1.807, 2.05) is 6.07 Å². The molecule has 0 bridgehead atoms. The predicted molar refractivity (Wildman–Crippen MR) is 64.6 cm³/mol. The molecule has 2 N–H and O–H groups in total. The molecule has 0 unspecified atom stereocenters. The van der Waals surface area contributed by atoms with Crippen LogP contribution in [-0.2, 0) is 6.54 Å². The van der Waals surface area contributed by atoms with E-state index in [1.54, 1.807) is 6.07 Å². The van der Waals surface area contributed by atoms with E-state index in [9.17, 15) is 9.50 Å². The summed E-state index contributed by atoms with van der Waals surface area (Å²) in [6.45, 7) is 1.15. The second-order valence-electron chi connectivity index (χ2n) is 4.39. The molecule has 0 atom stereocenters. The molecule has 0 aliphatic heterocycles. The first-order chi connectivity index (χ1) is 7.61. The van der Waals surface area contributed by atoms with Crippen molar-refractivity contribution in [3.05, 3.63) is 34.1 Å². The van der Waals surface area contributed by atoms with Crippen LogP contribution in [0.4, 0.5) is 4.39 Å². The lowest BCUT2D eigenvalue weighted by atomic mass is 9.80. The fourth-order valence-corrected chi connectivity index (χ4v) is 2.28. The molecule has 1 aromatic carbocycles. The molecule has 2 rings (SSSR count). The van der Waals surface area contributed by atoms with E-state index in [0.717, 1.165) is 24.8 Å². The van der Waals surface area contributed by atoms with Gasteiger partial charge in [-0.2, -0.15) is 0 Å². The molecule has 0 amide bonds. The van der Waals surface area contributed by atoms with Crippen molar-refractivity contribution >= 4 is 15.9 Å². The quantitative estimate of drug-likeness (QED) is 0.892. The Balaban J connectivity index is 1.87. The summed E-state index contributed by atoms with van der Waals surface area (Å²) >= 11 is 3.21. The zero-order valence-electron chi connectivity index (χ0n) is 8.97. The van der Waals surface area contributed by atoms with Crippen molar-refractivity contribution in [3.63, 3.8) is 0 Å². The van der Waals surface area contributed by atoms with Crippen molar-refractivity contribution in [3.8, 4) is 0 Å². The van der Waals surface area contributed by atoms with Crippen LogP contribution in [0.15, 0.2) is 22.7 Å². The first-order valence-electron chi connectivity index (χ1n) is 5.47. The van der Waals surface area contributed by atoms with Crippen LogP contribution in [0.2, 0.25) is 0 Å². The molecule has 1 aliphatic rings. The maximum Gasteiger partial charge on any atom is 0.137 e. The summed E-state index contributed by atoms with van der Waals surface area (Å²) in [5.41, 5.74) is 0.350. The van der Waals surface area contributed by atoms with Gasteiger partial charge >= 0.3 is 0 Å². The van der Waals surface area contributed by atoms with Crippen molar-refractivity contribution < 1.29 is 9.50 Å². The molecule has 1 aromatic rings. The second kappa shape index (κ2) is 4.82. The first-order valence-corrected chi connectivity index (χ1v) is 6.26. The summed E-state index contributed by atoms with van der Waals surface area (Å²) in [5.74, 6) is -0.248. The Hall–Kier alpha value is -0.450. The molecule has 0 aromatic heterocycles. The molecule has 1 aliphatic carbocycles. The maximum atomic E-state index is 13.2. The fourth-order valence-electron chi connectivity index (χ4n) is 1.88. The Morgan fingerprint density at radius 2 is 2.19 bits per heavy atom. The van der Waals surface area contributed by atoms with Crippen LogP contribution in [0.3, 0.4) is 0 Å². The number of nitrogens with one attached hydrogen (secondary N) is 1. The first kappa shape index (κ1) is 12.0. The molecular formula is C12H15BrFNO. The van der Waals surface area contributed by atoms with Crippen LogP contribution in [0, 0.1) is 5.82 Å². The van der Waals surface area contributed by atoms with Crippen LogP contribution in [-0.4, -0.2) is 17.3 Å². The Bertz CT molecular complexity index is 379. The predicted octanol–water partition coefficient (Wildman–Crippen LogP) is 2.59. The third-order valence-corrected chi connectivity index (χ3v) is 3.97. The lowest BCUT2D eigenvalue weighted by molar-refractivity contribution is -0.0314. The van der Waals surface area contributed by atoms with Crippen molar-refractivity contribution in [1.29, 1.82) is 0 Å². The number of rotatable bonds is 4. The van der Waals surface area contributed by atoms with Gasteiger partial charge in [0.15, 0.2) is 0 Å². The molecule has 0 radical (unpaired) electrons. The van der Waals surface area contributed by atoms with E-state index in [0.29, 0.717) is 17.6 Å². The van der Waals surface area contributed by atoms with Gasteiger partial charge in [-0.15, -0.1) is 0 Å². The Morgan fingerprint density at radius 1 is 1.44 bits per heavy atom. The Kier molecular flexibility index (Phi) is 3.62. The zero-order chi connectivity index (χ0) is 11.6. The van der Waals surface area contributed by atoms with Crippen molar-refractivity contribution in [2.75, 3.05) is 6.54 Å². The van der Waals surface area contributed by atoms with Gasteiger partial charge in [-0.1, -0.05) is 12.1 Å². The molecular weight excluding hydrogens is 273 g/mol. The highest BCUT2D eigenvalue weighted by atomic mass is 79.9. The monoisotopic (exact) mass is 287 g/mol. The summed E-state index contributed by atoms with van der Waals surface area (Å²) in [5, 5.41) is 13.0. The van der Waals surface area contributed by atoms with Crippen molar-refractivity contribution in [2.24, 2.45) is 0 Å². The lowest BCUT2D eigenvalue weighted by Gasteiger charge is -2.36. The standard InChI is InChI=1S/C12H15BrFNO/c13-11-9(3-1-4-10(11)14)7-15-8-12(16)5-2-6-12/h1,3-4,15-16H,2,5-8H2. The SMILES string of the molecule is OC1(CNCc2cccc(F)c2Br)CCC1.